The summed E-state index contributed by atoms with van der Waals surface area (Å²) in [6, 6.07) is 0. The lowest BCUT2D eigenvalue weighted by Crippen LogP contribution is -2.17. The second-order valence-corrected chi connectivity index (χ2v) is 7.43. The van der Waals surface area contributed by atoms with Crippen LogP contribution in [0.3, 0.4) is 0 Å². The van der Waals surface area contributed by atoms with Gasteiger partial charge in [-0.15, -0.1) is 0 Å². The van der Waals surface area contributed by atoms with Crippen molar-refractivity contribution in [2.24, 2.45) is 11.3 Å². The van der Waals surface area contributed by atoms with E-state index in [-0.39, 0.29) is 18.3 Å². The highest BCUT2D eigenvalue weighted by molar-refractivity contribution is 5.81. The summed E-state index contributed by atoms with van der Waals surface area (Å²) in [5, 5.41) is 0. The third kappa shape index (κ3) is 19.6. The molecule has 0 radical (unpaired) electrons. The molecule has 0 saturated heterocycles. The number of carbonyl (C=O) groups excluding carboxylic acids is 1. The minimum atomic E-state index is 0.0200. The normalized spacial score (nSPS) is 12.1. The van der Waals surface area contributed by atoms with E-state index in [1.807, 2.05) is 13.8 Å². The lowest BCUT2D eigenvalue weighted by Gasteiger charge is -2.17. The number of Topliss-reactive ketones (excluding diaryl/α,β-unsaturated/α-hetero) is 1. The van der Waals surface area contributed by atoms with Gasteiger partial charge in [-0.1, -0.05) is 34.6 Å². The number of ether oxygens (including phenoxy) is 5. The zero-order valence-corrected chi connectivity index (χ0v) is 16.8. The van der Waals surface area contributed by atoms with Gasteiger partial charge in [0.05, 0.1) is 52.9 Å². The first-order valence-corrected chi connectivity index (χ1v) is 9.24. The molecule has 0 saturated carbocycles. The Hall–Kier alpha value is -0.530. The lowest BCUT2D eigenvalue weighted by molar-refractivity contribution is -0.127. The standard InChI is InChI=1S/C19H38O6/c1-17(2)18(20)16-25-15-14-24-13-12-23-11-10-22-9-8-21-7-6-19(3,4)5/h17H,6-16H2,1-5H3. The Morgan fingerprint density at radius 3 is 1.40 bits per heavy atom. The Bertz CT molecular complexity index is 312. The van der Waals surface area contributed by atoms with E-state index in [9.17, 15) is 4.79 Å². The Balaban J connectivity index is 3.11. The molecule has 6 heteroatoms. The number of hydrogen-bond donors (Lipinski definition) is 0. The van der Waals surface area contributed by atoms with Crippen LogP contribution in [0.4, 0.5) is 0 Å². The summed E-state index contributed by atoms with van der Waals surface area (Å²) in [7, 11) is 0. The molecule has 0 fully saturated rings. The number of rotatable bonds is 17. The number of hydrogen-bond acceptors (Lipinski definition) is 6. The van der Waals surface area contributed by atoms with Gasteiger partial charge >= 0.3 is 0 Å². The van der Waals surface area contributed by atoms with Gasteiger partial charge < -0.3 is 23.7 Å². The molecule has 0 bridgehead atoms. The van der Waals surface area contributed by atoms with Gasteiger partial charge in [0.25, 0.3) is 0 Å². The van der Waals surface area contributed by atoms with Crippen LogP contribution >= 0.6 is 0 Å². The Labute approximate surface area is 153 Å². The van der Waals surface area contributed by atoms with Gasteiger partial charge in [-0.2, -0.15) is 0 Å². The molecule has 0 spiro atoms. The molecular formula is C19H38O6. The van der Waals surface area contributed by atoms with E-state index in [0.29, 0.717) is 58.3 Å². The maximum Gasteiger partial charge on any atom is 0.160 e. The molecule has 0 aromatic heterocycles. The molecule has 0 aliphatic carbocycles. The molecule has 0 rings (SSSR count). The summed E-state index contributed by atoms with van der Waals surface area (Å²) in [5.74, 6) is 0.134. The monoisotopic (exact) mass is 362 g/mol. The largest absolute Gasteiger partial charge is 0.379 e. The van der Waals surface area contributed by atoms with Gasteiger partial charge in [-0.05, 0) is 11.8 Å². The summed E-state index contributed by atoms with van der Waals surface area (Å²) in [6.45, 7) is 15.5. The average molecular weight is 363 g/mol. The fraction of sp³-hybridized carbons (Fsp3) is 0.947. The van der Waals surface area contributed by atoms with Crippen LogP contribution in [-0.2, 0) is 28.5 Å². The maximum atomic E-state index is 11.3. The van der Waals surface area contributed by atoms with E-state index in [1.54, 1.807) is 0 Å². The van der Waals surface area contributed by atoms with Crippen LogP contribution in [0.2, 0.25) is 0 Å². The molecule has 0 atom stereocenters. The van der Waals surface area contributed by atoms with Crippen LogP contribution < -0.4 is 0 Å². The molecule has 0 aromatic carbocycles. The van der Waals surface area contributed by atoms with E-state index in [1.165, 1.54) is 0 Å². The zero-order chi connectivity index (χ0) is 19.0. The van der Waals surface area contributed by atoms with E-state index in [4.69, 9.17) is 23.7 Å². The third-order valence-electron chi connectivity index (χ3n) is 3.37. The highest BCUT2D eigenvalue weighted by Gasteiger charge is 2.09. The second kappa shape index (κ2) is 15.7. The van der Waals surface area contributed by atoms with Gasteiger partial charge in [0.15, 0.2) is 5.78 Å². The molecule has 0 N–H and O–H groups in total. The SMILES string of the molecule is CC(C)C(=O)COCCOCCOCCOCCOCCC(C)(C)C. The van der Waals surface area contributed by atoms with Gasteiger partial charge in [0.1, 0.15) is 6.61 Å². The van der Waals surface area contributed by atoms with Crippen molar-refractivity contribution in [2.75, 3.05) is 66.1 Å². The minimum absolute atomic E-state index is 0.0200. The van der Waals surface area contributed by atoms with Crippen molar-refractivity contribution in [1.29, 1.82) is 0 Å². The lowest BCUT2D eigenvalue weighted by atomic mass is 9.93. The van der Waals surface area contributed by atoms with Crippen LogP contribution in [-0.4, -0.2) is 71.9 Å². The van der Waals surface area contributed by atoms with Crippen molar-refractivity contribution >= 4 is 5.78 Å². The van der Waals surface area contributed by atoms with Crippen molar-refractivity contribution in [3.05, 3.63) is 0 Å². The fourth-order valence-corrected chi connectivity index (χ4v) is 1.60. The molecule has 0 aliphatic rings. The molecular weight excluding hydrogens is 324 g/mol. The fourth-order valence-electron chi connectivity index (χ4n) is 1.60. The van der Waals surface area contributed by atoms with E-state index >= 15 is 0 Å². The first kappa shape index (κ1) is 24.5. The van der Waals surface area contributed by atoms with Crippen molar-refractivity contribution in [3.8, 4) is 0 Å². The first-order chi connectivity index (χ1) is 11.8. The molecule has 0 unspecified atom stereocenters. The average Bonchev–Trinajstić information content (AvgIpc) is 2.53. The predicted octanol–water partition coefficient (Wildman–Crippen LogP) is 2.73. The van der Waals surface area contributed by atoms with Crippen LogP contribution in [0.5, 0.6) is 0 Å². The summed E-state index contributed by atoms with van der Waals surface area (Å²) in [4.78, 5) is 11.3. The quantitative estimate of drug-likeness (QED) is 0.371. The smallest absolute Gasteiger partial charge is 0.160 e. The summed E-state index contributed by atoms with van der Waals surface area (Å²) in [6.07, 6.45) is 1.05. The van der Waals surface area contributed by atoms with Crippen molar-refractivity contribution < 1.29 is 28.5 Å². The first-order valence-electron chi connectivity index (χ1n) is 9.24. The van der Waals surface area contributed by atoms with Crippen molar-refractivity contribution in [1.82, 2.24) is 0 Å². The molecule has 25 heavy (non-hydrogen) atoms. The van der Waals surface area contributed by atoms with Crippen molar-refractivity contribution in [3.63, 3.8) is 0 Å². The van der Waals surface area contributed by atoms with Gasteiger partial charge in [0.2, 0.25) is 0 Å². The molecule has 6 nitrogen and oxygen atoms in total. The Kier molecular flexibility index (Phi) is 15.4. The predicted molar refractivity (Wildman–Crippen MR) is 98.0 cm³/mol. The highest BCUT2D eigenvalue weighted by atomic mass is 16.6. The van der Waals surface area contributed by atoms with Crippen LogP contribution in [0.15, 0.2) is 0 Å². The number of ketones is 1. The molecule has 0 aromatic rings. The third-order valence-corrected chi connectivity index (χ3v) is 3.37. The maximum absolute atomic E-state index is 11.3. The number of carbonyl (C=O) groups is 1. The van der Waals surface area contributed by atoms with E-state index < -0.39 is 0 Å². The van der Waals surface area contributed by atoms with E-state index in [2.05, 4.69) is 20.8 Å². The molecule has 0 amide bonds. The summed E-state index contributed by atoms with van der Waals surface area (Å²) < 4.78 is 26.9. The van der Waals surface area contributed by atoms with Gasteiger partial charge in [-0.3, -0.25) is 4.79 Å². The summed E-state index contributed by atoms with van der Waals surface area (Å²) >= 11 is 0. The second-order valence-electron chi connectivity index (χ2n) is 7.43. The van der Waals surface area contributed by atoms with Crippen LogP contribution in [0.25, 0.3) is 0 Å². The molecule has 0 heterocycles. The van der Waals surface area contributed by atoms with Gasteiger partial charge in [0, 0.05) is 12.5 Å². The Morgan fingerprint density at radius 2 is 1.04 bits per heavy atom. The van der Waals surface area contributed by atoms with Gasteiger partial charge in [-0.25, -0.2) is 0 Å². The zero-order valence-electron chi connectivity index (χ0n) is 16.8. The minimum Gasteiger partial charge on any atom is -0.379 e. The highest BCUT2D eigenvalue weighted by Crippen LogP contribution is 2.17. The Morgan fingerprint density at radius 1 is 0.680 bits per heavy atom. The topological polar surface area (TPSA) is 63.2 Å². The van der Waals surface area contributed by atoms with Crippen molar-refractivity contribution in [2.45, 2.75) is 41.0 Å². The van der Waals surface area contributed by atoms with E-state index in [0.717, 1.165) is 13.0 Å². The van der Waals surface area contributed by atoms with Crippen LogP contribution in [0.1, 0.15) is 41.0 Å². The molecule has 0 aliphatic heterocycles. The molecule has 150 valence electrons. The van der Waals surface area contributed by atoms with Crippen LogP contribution in [0, 0.1) is 11.3 Å². The summed E-state index contributed by atoms with van der Waals surface area (Å²) in [5.41, 5.74) is 0.314.